The van der Waals surface area contributed by atoms with Crippen molar-refractivity contribution in [3.05, 3.63) is 24.8 Å². The van der Waals surface area contributed by atoms with Crippen molar-refractivity contribution in [3.8, 4) is 0 Å². The molecule has 0 aromatic carbocycles. The molecule has 2 fully saturated rings. The maximum atomic E-state index is 12.6. The van der Waals surface area contributed by atoms with Crippen LogP contribution in [0.15, 0.2) is 24.8 Å². The van der Waals surface area contributed by atoms with E-state index in [0.717, 1.165) is 35.4 Å². The van der Waals surface area contributed by atoms with Crippen LogP contribution >= 0.6 is 35.2 Å². The Morgan fingerprint density at radius 1 is 1.08 bits per heavy atom. The Morgan fingerprint density at radius 2 is 1.77 bits per heavy atom. The third kappa shape index (κ3) is 14.4. The Morgan fingerprint density at radius 3 is 2.45 bits per heavy atom. The number of rotatable bonds is 22. The summed E-state index contributed by atoms with van der Waals surface area (Å²) in [6.45, 7) is 1.28. The lowest BCUT2D eigenvalue weighted by molar-refractivity contribution is -0.347. The highest BCUT2D eigenvalue weighted by Crippen LogP contribution is 2.56. The second kappa shape index (κ2) is 21.1. The second-order valence-corrected chi connectivity index (χ2v) is 20.0. The summed E-state index contributed by atoms with van der Waals surface area (Å²) in [5.74, 6) is -0.591. The number of aliphatic hydroxyl groups is 2. The molecule has 4 rings (SSSR count). The molecule has 7 unspecified atom stereocenters. The Kier molecular flexibility index (Phi) is 17.6. The molecule has 28 heteroatoms. The molecule has 0 radical (unpaired) electrons. The number of hydrogen-bond donors (Lipinski definition) is 5. The number of allylic oxidation sites excluding steroid dienone is 1. The van der Waals surface area contributed by atoms with Gasteiger partial charge in [-0.05, 0) is 25.3 Å². The number of aromatic nitrogens is 4. The summed E-state index contributed by atoms with van der Waals surface area (Å²) < 4.78 is 61.2. The van der Waals surface area contributed by atoms with Crippen LogP contribution < -0.4 is 35.9 Å². The molecule has 1 saturated heterocycles. The molecule has 0 bridgehead atoms. The van der Waals surface area contributed by atoms with Crippen LogP contribution in [-0.2, 0) is 56.4 Å². The van der Waals surface area contributed by atoms with Gasteiger partial charge in [-0.15, -0.1) is 0 Å². The molecule has 2 aliphatic rings. The van der Waals surface area contributed by atoms with Gasteiger partial charge in [0, 0.05) is 30.7 Å². The van der Waals surface area contributed by atoms with Crippen LogP contribution in [0.25, 0.3) is 11.2 Å². The number of carbonyl (C=O) groups excluding carboxylic acids is 3. The fraction of sp³-hybridized carbons (Fsp3) is 0.688. The maximum Gasteiger partial charge on any atom is 0.274 e. The minimum atomic E-state index is -5.94. The van der Waals surface area contributed by atoms with Gasteiger partial charge in [0.2, 0.25) is 16.9 Å². The molecule has 1 aliphatic carbocycles. The summed E-state index contributed by atoms with van der Waals surface area (Å²) in [5, 5.41) is 26.5. The zero-order valence-electron chi connectivity index (χ0n) is 32.8. The molecule has 2 aromatic heterocycles. The number of hydrogen-bond acceptors (Lipinski definition) is 22. The molecule has 2 aromatic rings. The third-order valence-electron chi connectivity index (χ3n) is 9.66. The molecule has 0 spiro atoms. The van der Waals surface area contributed by atoms with Crippen LogP contribution in [-0.4, -0.2) is 103 Å². The van der Waals surface area contributed by atoms with Crippen LogP contribution in [0.4, 0.5) is 5.82 Å². The van der Waals surface area contributed by atoms with Crippen molar-refractivity contribution in [3.63, 3.8) is 0 Å². The molecule has 3 heterocycles. The average molecular weight is 928 g/mol. The van der Waals surface area contributed by atoms with E-state index in [2.05, 4.69) is 43.5 Å². The number of anilines is 1. The number of nitrogens with zero attached hydrogens (tertiary/aromatic N) is 4. The standard InChI is InChI=1S/C32H52N7O17P3S/c1-31(2,27(43)30(44)35-13-12-22(40)34-14-15-60-23(41)11-7-10-20-8-5-4-6-9-20)17-53-59(50,51)56-58(48,49)52-16-21-25(55-57(45,46)47)26(42)32(3,54-21)39-19-38-24-28(33)36-18-37-29(24)39/h7,11,18-21,25-27,42-43H,4-6,8-10,12-17H2,1-3H3,(H,34,40)(H,35,44)(H,48,49)(H,50,51)(H2,33,36,37)(H2,45,46,47)/p-4. The van der Waals surface area contributed by atoms with Crippen molar-refractivity contribution in [2.45, 2.75) is 95.9 Å². The quantitative estimate of drug-likeness (QED) is 0.0528. The number of thioether (sulfide) groups is 1. The Hall–Kier alpha value is -2.70. The van der Waals surface area contributed by atoms with Crippen molar-refractivity contribution in [2.75, 3.05) is 37.8 Å². The second-order valence-electron chi connectivity index (χ2n) is 14.9. The minimum absolute atomic E-state index is 0.0314. The highest BCUT2D eigenvalue weighted by atomic mass is 32.2. The summed E-state index contributed by atoms with van der Waals surface area (Å²) in [4.78, 5) is 96.8. The van der Waals surface area contributed by atoms with Gasteiger partial charge in [0.05, 0.1) is 27.4 Å². The Bertz CT molecular complexity index is 2000. The van der Waals surface area contributed by atoms with Crippen LogP contribution in [0.3, 0.4) is 0 Å². The van der Waals surface area contributed by atoms with Crippen LogP contribution in [0.1, 0.15) is 65.7 Å². The lowest BCUT2D eigenvalue weighted by atomic mass is 9.87. The maximum absolute atomic E-state index is 12.6. The zero-order chi connectivity index (χ0) is 44.5. The fourth-order valence-corrected chi connectivity index (χ4v) is 9.72. The molecular formula is C32H48N7O17P3S-4. The molecule has 1 aliphatic heterocycles. The van der Waals surface area contributed by atoms with E-state index in [0.29, 0.717) is 11.7 Å². The highest BCUT2D eigenvalue weighted by molar-refractivity contribution is 8.14. The Labute approximate surface area is 348 Å². The molecule has 6 N–H and O–H groups in total. The first-order valence-corrected chi connectivity index (χ1v) is 24.0. The molecule has 338 valence electrons. The summed E-state index contributed by atoms with van der Waals surface area (Å²) in [6, 6.07) is 0. The van der Waals surface area contributed by atoms with Crippen LogP contribution in [0, 0.1) is 11.3 Å². The third-order valence-corrected chi connectivity index (χ3v) is 13.5. The van der Waals surface area contributed by atoms with Gasteiger partial charge in [0.25, 0.3) is 15.6 Å². The topological polar surface area (TPSA) is 375 Å². The first-order chi connectivity index (χ1) is 27.9. The van der Waals surface area contributed by atoms with Crippen molar-refractivity contribution < 1.29 is 80.5 Å². The lowest BCUT2D eigenvalue weighted by Gasteiger charge is -2.36. The number of imidazole rings is 1. The number of carbonyl (C=O) groups is 3. The van der Waals surface area contributed by atoms with Gasteiger partial charge in [-0.1, -0.05) is 63.8 Å². The molecule has 60 heavy (non-hydrogen) atoms. The first-order valence-electron chi connectivity index (χ1n) is 18.6. The van der Waals surface area contributed by atoms with Gasteiger partial charge in [0.15, 0.2) is 17.2 Å². The number of ether oxygens (including phenoxy) is 1. The van der Waals surface area contributed by atoms with Crippen molar-refractivity contribution in [1.82, 2.24) is 30.2 Å². The van der Waals surface area contributed by atoms with Gasteiger partial charge in [-0.2, -0.15) is 0 Å². The van der Waals surface area contributed by atoms with E-state index in [1.165, 1.54) is 52.9 Å². The number of phosphoric ester groups is 3. The van der Waals surface area contributed by atoms with Crippen LogP contribution in [0.2, 0.25) is 0 Å². The summed E-state index contributed by atoms with van der Waals surface area (Å²) in [5.41, 5.74) is 2.03. The van der Waals surface area contributed by atoms with E-state index < -0.39 is 84.1 Å². The first kappa shape index (κ1) is 50.0. The van der Waals surface area contributed by atoms with Crippen molar-refractivity contribution >= 4 is 69.1 Å². The predicted octanol–water partition coefficient (Wildman–Crippen LogP) is -1.16. The minimum Gasteiger partial charge on any atom is -0.790 e. The smallest absolute Gasteiger partial charge is 0.274 e. The normalized spacial score (nSPS) is 24.2. The van der Waals surface area contributed by atoms with Crippen molar-refractivity contribution in [2.24, 2.45) is 11.3 Å². The monoisotopic (exact) mass is 927 g/mol. The SMILES string of the molecule is CC(C)(COP(=O)([O-])OP(=O)([O-])OCC1OC(C)(n2cnc3c(N)ncnc32)C(O)C1OP(=O)([O-])[O-])C(O)C(=O)NCCC(=O)NCCSC(=O)C=CCC1CCCCC1. The molecule has 1 saturated carbocycles. The number of nitrogen functional groups attached to an aromatic ring is 1. The molecule has 2 amide bonds. The number of phosphoric acid groups is 3. The lowest BCUT2D eigenvalue weighted by Crippen LogP contribution is -2.46. The van der Waals surface area contributed by atoms with E-state index in [1.807, 2.05) is 6.08 Å². The summed E-state index contributed by atoms with van der Waals surface area (Å²) in [6.07, 6.45) is 4.30. The van der Waals surface area contributed by atoms with Crippen LogP contribution in [0.5, 0.6) is 0 Å². The Balaban J connectivity index is 1.21. The highest BCUT2D eigenvalue weighted by Gasteiger charge is 2.55. The fourth-order valence-electron chi connectivity index (χ4n) is 6.40. The van der Waals surface area contributed by atoms with E-state index in [9.17, 15) is 57.9 Å². The average Bonchev–Trinajstić information content (AvgIpc) is 3.71. The van der Waals surface area contributed by atoms with Gasteiger partial charge in [-0.25, -0.2) is 19.3 Å². The number of aliphatic hydroxyl groups excluding tert-OH is 2. The van der Waals surface area contributed by atoms with E-state index >= 15 is 0 Å². The molecule has 24 nitrogen and oxygen atoms in total. The zero-order valence-corrected chi connectivity index (χ0v) is 36.3. The molecular weight excluding hydrogens is 879 g/mol. The molecule has 7 atom stereocenters. The van der Waals surface area contributed by atoms with Gasteiger partial charge >= 0.3 is 0 Å². The number of nitrogens with two attached hydrogens (primary N) is 1. The number of fused-ring (bicyclic) bond motifs is 1. The van der Waals surface area contributed by atoms with E-state index in [4.69, 9.17) is 10.5 Å². The van der Waals surface area contributed by atoms with Crippen molar-refractivity contribution in [1.29, 1.82) is 0 Å². The number of amides is 2. The van der Waals surface area contributed by atoms with Gasteiger partial charge in [-0.3, -0.25) is 28.1 Å². The number of nitrogens with one attached hydrogen (secondary N) is 2. The van der Waals surface area contributed by atoms with Gasteiger partial charge < -0.3 is 69.0 Å². The van der Waals surface area contributed by atoms with Gasteiger partial charge in [0.1, 0.15) is 36.3 Å². The van der Waals surface area contributed by atoms with E-state index in [1.54, 1.807) is 6.08 Å². The summed E-state index contributed by atoms with van der Waals surface area (Å²) >= 11 is 1.06. The predicted molar refractivity (Wildman–Crippen MR) is 203 cm³/mol. The largest absolute Gasteiger partial charge is 0.790 e. The summed E-state index contributed by atoms with van der Waals surface area (Å²) in [7, 11) is -17.7. The van der Waals surface area contributed by atoms with E-state index in [-0.39, 0.29) is 41.6 Å².